The Morgan fingerprint density at radius 1 is 1.04 bits per heavy atom. The van der Waals surface area contributed by atoms with Crippen LogP contribution in [0.15, 0.2) is 54.6 Å². The van der Waals surface area contributed by atoms with Crippen molar-refractivity contribution in [3.05, 3.63) is 65.7 Å². The molecule has 1 fully saturated rings. The van der Waals surface area contributed by atoms with Crippen LogP contribution in [0.3, 0.4) is 0 Å². The van der Waals surface area contributed by atoms with Gasteiger partial charge in [0, 0.05) is 12.5 Å². The van der Waals surface area contributed by atoms with Crippen LogP contribution < -0.4 is 4.74 Å². The van der Waals surface area contributed by atoms with Gasteiger partial charge >= 0.3 is 0 Å². The maximum absolute atomic E-state index is 11.5. The van der Waals surface area contributed by atoms with Crippen LogP contribution in [0.4, 0.5) is 0 Å². The first-order valence-electron chi connectivity index (χ1n) is 9.34. The molecule has 0 spiro atoms. The molecule has 3 nitrogen and oxygen atoms in total. The van der Waals surface area contributed by atoms with Crippen molar-refractivity contribution < 1.29 is 9.84 Å². The van der Waals surface area contributed by atoms with Gasteiger partial charge < -0.3 is 14.7 Å². The number of aliphatic hydroxyl groups is 1. The molecule has 1 aliphatic heterocycles. The van der Waals surface area contributed by atoms with Crippen molar-refractivity contribution >= 4 is 0 Å². The van der Waals surface area contributed by atoms with E-state index in [0.29, 0.717) is 6.61 Å². The number of hydrogen-bond donors (Lipinski definition) is 1. The minimum Gasteiger partial charge on any atom is -0.494 e. The Hall–Kier alpha value is -1.84. The van der Waals surface area contributed by atoms with E-state index in [0.717, 1.165) is 30.9 Å². The molecule has 0 aliphatic carbocycles. The van der Waals surface area contributed by atoms with E-state index in [1.807, 2.05) is 44.2 Å². The van der Waals surface area contributed by atoms with Gasteiger partial charge in [0.2, 0.25) is 0 Å². The summed E-state index contributed by atoms with van der Waals surface area (Å²) in [6.45, 7) is 7.70. The van der Waals surface area contributed by atoms with Gasteiger partial charge in [-0.2, -0.15) is 0 Å². The van der Waals surface area contributed by atoms with Crippen molar-refractivity contribution in [3.63, 3.8) is 0 Å². The summed E-state index contributed by atoms with van der Waals surface area (Å²) in [6, 6.07) is 18.3. The van der Waals surface area contributed by atoms with E-state index in [2.05, 4.69) is 29.2 Å². The lowest BCUT2D eigenvalue weighted by Gasteiger charge is -2.36. The van der Waals surface area contributed by atoms with Crippen LogP contribution in [0, 0.1) is 0 Å². The lowest BCUT2D eigenvalue weighted by Crippen LogP contribution is -2.38. The summed E-state index contributed by atoms with van der Waals surface area (Å²) in [4.78, 5) is 2.47. The predicted molar refractivity (Wildman–Crippen MR) is 102 cm³/mol. The standard InChI is InChI=1S/C22H29NO2/c1-3-25-20-13-11-19(12-14-20)22(2,24)21(17-23-15-7-8-16-23)18-9-5-4-6-10-18/h4-6,9-14,21,24H,3,7-8,15-17H2,1-2H3. The molecular weight excluding hydrogens is 310 g/mol. The largest absolute Gasteiger partial charge is 0.494 e. The van der Waals surface area contributed by atoms with Gasteiger partial charge in [0.15, 0.2) is 0 Å². The van der Waals surface area contributed by atoms with Gasteiger partial charge in [0.1, 0.15) is 5.75 Å². The molecule has 0 bridgehead atoms. The Morgan fingerprint density at radius 3 is 2.28 bits per heavy atom. The Morgan fingerprint density at radius 2 is 1.68 bits per heavy atom. The minimum atomic E-state index is -0.936. The SMILES string of the molecule is CCOc1ccc(C(C)(O)C(CN2CCCC2)c2ccccc2)cc1. The highest BCUT2D eigenvalue weighted by Gasteiger charge is 2.36. The molecule has 1 aliphatic rings. The molecular formula is C22H29NO2. The van der Waals surface area contributed by atoms with Crippen LogP contribution in [0.1, 0.15) is 43.7 Å². The van der Waals surface area contributed by atoms with Gasteiger partial charge in [-0.15, -0.1) is 0 Å². The number of nitrogens with zero attached hydrogens (tertiary/aromatic N) is 1. The normalized spacial score (nSPS) is 18.7. The highest BCUT2D eigenvalue weighted by Crippen LogP contribution is 2.38. The molecule has 3 heteroatoms. The predicted octanol–water partition coefficient (Wildman–Crippen LogP) is 4.17. The van der Waals surface area contributed by atoms with Crippen LogP contribution in [-0.2, 0) is 5.60 Å². The van der Waals surface area contributed by atoms with E-state index in [4.69, 9.17) is 4.74 Å². The summed E-state index contributed by atoms with van der Waals surface area (Å²) in [5.74, 6) is 0.877. The van der Waals surface area contributed by atoms with E-state index in [-0.39, 0.29) is 5.92 Å². The van der Waals surface area contributed by atoms with Crippen molar-refractivity contribution in [1.82, 2.24) is 4.90 Å². The van der Waals surface area contributed by atoms with Crippen LogP contribution in [0.2, 0.25) is 0 Å². The summed E-state index contributed by atoms with van der Waals surface area (Å²) in [5.41, 5.74) is 1.19. The third kappa shape index (κ3) is 4.23. The highest BCUT2D eigenvalue weighted by atomic mass is 16.5. The topological polar surface area (TPSA) is 32.7 Å². The molecule has 2 aromatic carbocycles. The number of benzene rings is 2. The summed E-state index contributed by atoms with van der Waals surface area (Å²) in [7, 11) is 0. The van der Waals surface area contributed by atoms with Crippen molar-refractivity contribution in [2.24, 2.45) is 0 Å². The maximum atomic E-state index is 11.5. The lowest BCUT2D eigenvalue weighted by molar-refractivity contribution is 0.0153. The first kappa shape index (κ1) is 18.0. The van der Waals surface area contributed by atoms with Crippen LogP contribution >= 0.6 is 0 Å². The molecule has 134 valence electrons. The molecule has 1 N–H and O–H groups in total. The maximum Gasteiger partial charge on any atom is 0.119 e. The van der Waals surface area contributed by atoms with Crippen molar-refractivity contribution in [2.75, 3.05) is 26.2 Å². The van der Waals surface area contributed by atoms with Crippen LogP contribution in [0.5, 0.6) is 5.75 Å². The lowest BCUT2D eigenvalue weighted by atomic mass is 9.78. The summed E-state index contributed by atoms with van der Waals surface area (Å²) in [6.07, 6.45) is 2.51. The molecule has 1 heterocycles. The van der Waals surface area contributed by atoms with E-state index < -0.39 is 5.60 Å². The van der Waals surface area contributed by atoms with Crippen molar-refractivity contribution in [1.29, 1.82) is 0 Å². The van der Waals surface area contributed by atoms with Gasteiger partial charge in [0.25, 0.3) is 0 Å². The molecule has 2 aromatic rings. The Labute approximate surface area is 151 Å². The Balaban J connectivity index is 1.89. The average Bonchev–Trinajstić information content (AvgIpc) is 3.14. The van der Waals surface area contributed by atoms with Crippen LogP contribution in [-0.4, -0.2) is 36.2 Å². The monoisotopic (exact) mass is 339 g/mol. The third-order valence-electron chi connectivity index (χ3n) is 5.27. The molecule has 0 amide bonds. The number of rotatable bonds is 7. The van der Waals surface area contributed by atoms with Gasteiger partial charge in [-0.05, 0) is 63.0 Å². The second-order valence-electron chi connectivity index (χ2n) is 7.08. The number of hydrogen-bond acceptors (Lipinski definition) is 3. The van der Waals surface area contributed by atoms with E-state index >= 15 is 0 Å². The van der Waals surface area contributed by atoms with Gasteiger partial charge in [0.05, 0.1) is 12.2 Å². The van der Waals surface area contributed by atoms with E-state index in [1.54, 1.807) is 0 Å². The summed E-state index contributed by atoms with van der Waals surface area (Å²) < 4.78 is 5.54. The smallest absolute Gasteiger partial charge is 0.119 e. The van der Waals surface area contributed by atoms with Crippen molar-refractivity contribution in [2.45, 2.75) is 38.2 Å². The fourth-order valence-electron chi connectivity index (χ4n) is 3.77. The fourth-order valence-corrected chi connectivity index (χ4v) is 3.77. The zero-order valence-corrected chi connectivity index (χ0v) is 15.3. The number of ether oxygens (including phenoxy) is 1. The molecule has 2 atom stereocenters. The molecule has 25 heavy (non-hydrogen) atoms. The molecule has 0 radical (unpaired) electrons. The zero-order valence-electron chi connectivity index (χ0n) is 15.3. The van der Waals surface area contributed by atoms with Gasteiger partial charge in [-0.1, -0.05) is 42.5 Å². The molecule has 0 saturated carbocycles. The first-order chi connectivity index (χ1) is 12.1. The van der Waals surface area contributed by atoms with Crippen LogP contribution in [0.25, 0.3) is 0 Å². The third-order valence-corrected chi connectivity index (χ3v) is 5.27. The molecule has 1 saturated heterocycles. The molecule has 3 rings (SSSR count). The average molecular weight is 339 g/mol. The zero-order chi connectivity index (χ0) is 17.7. The second kappa shape index (κ2) is 8.03. The van der Waals surface area contributed by atoms with E-state index in [9.17, 15) is 5.11 Å². The van der Waals surface area contributed by atoms with Crippen molar-refractivity contribution in [3.8, 4) is 5.75 Å². The van der Waals surface area contributed by atoms with Gasteiger partial charge in [-0.25, -0.2) is 0 Å². The van der Waals surface area contributed by atoms with E-state index in [1.165, 1.54) is 18.4 Å². The second-order valence-corrected chi connectivity index (χ2v) is 7.08. The summed E-state index contributed by atoms with van der Waals surface area (Å²) in [5, 5.41) is 11.5. The molecule has 0 aromatic heterocycles. The number of likely N-dealkylation sites (tertiary alicyclic amines) is 1. The Bertz CT molecular complexity index is 645. The first-order valence-corrected chi connectivity index (χ1v) is 9.34. The quantitative estimate of drug-likeness (QED) is 0.822. The highest BCUT2D eigenvalue weighted by molar-refractivity contribution is 5.35. The molecule has 2 unspecified atom stereocenters. The minimum absolute atomic E-state index is 0.0322. The Kier molecular flexibility index (Phi) is 5.77. The fraction of sp³-hybridized carbons (Fsp3) is 0.455. The summed E-state index contributed by atoms with van der Waals surface area (Å²) >= 11 is 0. The van der Waals surface area contributed by atoms with Gasteiger partial charge in [-0.3, -0.25) is 0 Å².